The van der Waals surface area contributed by atoms with E-state index in [9.17, 15) is 13.5 Å². The molecule has 1 N–H and O–H groups in total. The van der Waals surface area contributed by atoms with Crippen molar-refractivity contribution in [2.75, 3.05) is 6.26 Å². The van der Waals surface area contributed by atoms with Gasteiger partial charge in [0.25, 0.3) is 0 Å². The number of aliphatic hydroxyl groups excluding tert-OH is 1. The Bertz CT molecular complexity index is 538. The van der Waals surface area contributed by atoms with Gasteiger partial charge in [0, 0.05) is 12.2 Å². The molecule has 0 heterocycles. The smallest absolute Gasteiger partial charge is 0.150 e. The number of hydrogen-bond acceptors (Lipinski definition) is 3. The molecule has 0 aliphatic heterocycles. The Balaban J connectivity index is 2.12. The lowest BCUT2D eigenvalue weighted by Gasteiger charge is -2.35. The molecule has 3 nitrogen and oxygen atoms in total. The Hall–Kier alpha value is -0.870. The van der Waals surface area contributed by atoms with Crippen LogP contribution in [-0.4, -0.2) is 31.1 Å². The van der Waals surface area contributed by atoms with E-state index in [1.807, 2.05) is 30.3 Å². The maximum Gasteiger partial charge on any atom is 0.150 e. The highest BCUT2D eigenvalue weighted by Crippen LogP contribution is 2.36. The molecule has 1 aliphatic carbocycles. The first-order valence-corrected chi connectivity index (χ1v) is 9.80. The predicted molar refractivity (Wildman–Crippen MR) is 86.1 cm³/mol. The minimum Gasteiger partial charge on any atom is -0.392 e. The summed E-state index contributed by atoms with van der Waals surface area (Å²) >= 11 is 0. The Kier molecular flexibility index (Phi) is 5.44. The summed E-state index contributed by atoms with van der Waals surface area (Å²) in [6.07, 6.45) is 4.89. The van der Waals surface area contributed by atoms with Crippen LogP contribution in [0.15, 0.2) is 30.3 Å². The second kappa shape index (κ2) is 6.93. The van der Waals surface area contributed by atoms with Gasteiger partial charge in [-0.2, -0.15) is 0 Å². The van der Waals surface area contributed by atoms with Gasteiger partial charge in [-0.3, -0.25) is 0 Å². The van der Waals surface area contributed by atoms with Crippen LogP contribution < -0.4 is 0 Å². The van der Waals surface area contributed by atoms with E-state index in [2.05, 4.69) is 6.92 Å². The van der Waals surface area contributed by atoms with Crippen LogP contribution in [0.5, 0.6) is 0 Å². The summed E-state index contributed by atoms with van der Waals surface area (Å²) in [6.45, 7) is 2.08. The second-order valence-electron chi connectivity index (χ2n) is 6.29. The molecular weight excluding hydrogens is 284 g/mol. The molecule has 0 spiro atoms. The van der Waals surface area contributed by atoms with E-state index in [0.29, 0.717) is 6.42 Å². The third-order valence-corrected chi connectivity index (χ3v) is 6.47. The molecule has 2 rings (SSSR count). The molecule has 0 saturated heterocycles. The standard InChI is InChI=1S/C17H26O3S/c1-3-16(13-8-5-4-6-9-13)17(18)14-10-7-11-15(12-14)21(2,19)20/h4-6,8-9,14-18H,3,7,10-12H2,1-2H3. The Morgan fingerprint density at radius 2 is 1.90 bits per heavy atom. The van der Waals surface area contributed by atoms with E-state index in [1.165, 1.54) is 6.26 Å². The summed E-state index contributed by atoms with van der Waals surface area (Å²) in [4.78, 5) is 0. The summed E-state index contributed by atoms with van der Waals surface area (Å²) in [5, 5.41) is 10.5. The van der Waals surface area contributed by atoms with E-state index in [4.69, 9.17) is 0 Å². The maximum absolute atomic E-state index is 11.8. The van der Waals surface area contributed by atoms with E-state index in [1.54, 1.807) is 0 Å². The van der Waals surface area contributed by atoms with Crippen LogP contribution in [0, 0.1) is 5.92 Å². The lowest BCUT2D eigenvalue weighted by Crippen LogP contribution is -2.36. The first kappa shape index (κ1) is 16.5. The van der Waals surface area contributed by atoms with Gasteiger partial charge in [-0.1, -0.05) is 43.7 Å². The van der Waals surface area contributed by atoms with E-state index >= 15 is 0 Å². The third-order valence-electron chi connectivity index (χ3n) is 4.83. The van der Waals surface area contributed by atoms with Gasteiger partial charge in [0.05, 0.1) is 11.4 Å². The van der Waals surface area contributed by atoms with Crippen molar-refractivity contribution in [2.24, 2.45) is 5.92 Å². The largest absolute Gasteiger partial charge is 0.392 e. The van der Waals surface area contributed by atoms with Gasteiger partial charge in [-0.15, -0.1) is 0 Å². The summed E-state index contributed by atoms with van der Waals surface area (Å²) < 4.78 is 23.6. The highest BCUT2D eigenvalue weighted by molar-refractivity contribution is 7.91. The van der Waals surface area contributed by atoms with Crippen molar-refractivity contribution in [3.63, 3.8) is 0 Å². The zero-order valence-electron chi connectivity index (χ0n) is 12.9. The quantitative estimate of drug-likeness (QED) is 0.909. The third kappa shape index (κ3) is 4.07. The Labute approximate surface area is 128 Å². The maximum atomic E-state index is 11.8. The van der Waals surface area contributed by atoms with Gasteiger partial charge in [-0.25, -0.2) is 8.42 Å². The van der Waals surface area contributed by atoms with Crippen molar-refractivity contribution in [1.82, 2.24) is 0 Å². The molecule has 4 atom stereocenters. The van der Waals surface area contributed by atoms with Crippen LogP contribution in [0.4, 0.5) is 0 Å². The number of aliphatic hydroxyl groups is 1. The van der Waals surface area contributed by atoms with Crippen LogP contribution >= 0.6 is 0 Å². The van der Waals surface area contributed by atoms with Crippen molar-refractivity contribution >= 4 is 9.84 Å². The molecule has 4 unspecified atom stereocenters. The lowest BCUT2D eigenvalue weighted by molar-refractivity contribution is 0.0597. The average Bonchev–Trinajstić information content (AvgIpc) is 2.48. The number of sulfone groups is 1. The number of benzene rings is 1. The van der Waals surface area contributed by atoms with Gasteiger partial charge in [0.15, 0.2) is 0 Å². The lowest BCUT2D eigenvalue weighted by atomic mass is 9.77. The molecule has 1 aromatic rings. The molecule has 1 aliphatic rings. The molecule has 118 valence electrons. The molecule has 0 aromatic heterocycles. The van der Waals surface area contributed by atoms with Gasteiger partial charge in [0.2, 0.25) is 0 Å². The van der Waals surface area contributed by atoms with Crippen molar-refractivity contribution in [3.05, 3.63) is 35.9 Å². The van der Waals surface area contributed by atoms with Gasteiger partial charge in [0.1, 0.15) is 9.84 Å². The monoisotopic (exact) mass is 310 g/mol. The topological polar surface area (TPSA) is 54.4 Å². The van der Waals surface area contributed by atoms with Crippen molar-refractivity contribution in [3.8, 4) is 0 Å². The molecule has 0 amide bonds. The van der Waals surface area contributed by atoms with E-state index < -0.39 is 15.9 Å². The summed E-state index contributed by atoms with van der Waals surface area (Å²) in [7, 11) is -3.00. The van der Waals surface area contributed by atoms with Crippen LogP contribution in [0.3, 0.4) is 0 Å². The fourth-order valence-corrected chi connectivity index (χ4v) is 4.77. The van der Waals surface area contributed by atoms with Crippen LogP contribution in [-0.2, 0) is 9.84 Å². The van der Waals surface area contributed by atoms with Crippen molar-refractivity contribution in [1.29, 1.82) is 0 Å². The fraction of sp³-hybridized carbons (Fsp3) is 0.647. The molecule has 1 saturated carbocycles. The molecule has 0 radical (unpaired) electrons. The highest BCUT2D eigenvalue weighted by atomic mass is 32.2. The Morgan fingerprint density at radius 1 is 1.24 bits per heavy atom. The summed E-state index contributed by atoms with van der Waals surface area (Å²) in [6, 6.07) is 10.1. The molecule has 21 heavy (non-hydrogen) atoms. The fourth-order valence-electron chi connectivity index (χ4n) is 3.58. The van der Waals surface area contributed by atoms with E-state index in [0.717, 1.165) is 31.2 Å². The van der Waals surface area contributed by atoms with Gasteiger partial charge in [-0.05, 0) is 37.2 Å². The van der Waals surface area contributed by atoms with Gasteiger partial charge < -0.3 is 5.11 Å². The predicted octanol–water partition coefficient (Wildman–Crippen LogP) is 3.14. The number of rotatable bonds is 5. The molecule has 0 bridgehead atoms. The first-order chi connectivity index (χ1) is 9.93. The van der Waals surface area contributed by atoms with Crippen LogP contribution in [0.1, 0.15) is 50.5 Å². The van der Waals surface area contributed by atoms with Crippen LogP contribution in [0.25, 0.3) is 0 Å². The number of hydrogen-bond donors (Lipinski definition) is 1. The first-order valence-electron chi connectivity index (χ1n) is 7.85. The second-order valence-corrected chi connectivity index (χ2v) is 8.62. The summed E-state index contributed by atoms with van der Waals surface area (Å²) in [5.41, 5.74) is 1.15. The van der Waals surface area contributed by atoms with Gasteiger partial charge >= 0.3 is 0 Å². The zero-order chi connectivity index (χ0) is 15.5. The molecule has 1 aromatic carbocycles. The van der Waals surface area contributed by atoms with Crippen LogP contribution in [0.2, 0.25) is 0 Å². The normalized spacial score (nSPS) is 26.2. The van der Waals surface area contributed by atoms with Crippen molar-refractivity contribution < 1.29 is 13.5 Å². The van der Waals surface area contributed by atoms with Crippen molar-refractivity contribution in [2.45, 2.75) is 56.3 Å². The molecule has 1 fully saturated rings. The molecular formula is C17H26O3S. The minimum atomic E-state index is -3.00. The molecule has 4 heteroatoms. The SMILES string of the molecule is CCC(c1ccccc1)C(O)C1CCCC(S(C)(=O)=O)C1. The zero-order valence-corrected chi connectivity index (χ0v) is 13.7. The highest BCUT2D eigenvalue weighted by Gasteiger charge is 2.35. The average molecular weight is 310 g/mol. The summed E-state index contributed by atoms with van der Waals surface area (Å²) in [5.74, 6) is 0.179. The Morgan fingerprint density at radius 3 is 2.48 bits per heavy atom. The minimum absolute atomic E-state index is 0.0867. The van der Waals surface area contributed by atoms with E-state index in [-0.39, 0.29) is 17.1 Å².